The molecule has 0 aliphatic heterocycles. The molecule has 1 aromatic rings. The van der Waals surface area contributed by atoms with Gasteiger partial charge in [0.2, 0.25) is 0 Å². The maximum Gasteiger partial charge on any atom is 0.412 e. The normalized spacial score (nSPS) is 11.1. The molecule has 0 aliphatic rings. The molecule has 1 amide bonds. The largest absolute Gasteiger partial charge is 0.431 e. The lowest BCUT2D eigenvalue weighted by atomic mass is 10.3. The lowest BCUT2D eigenvalue weighted by Crippen LogP contribution is -2.18. The zero-order chi connectivity index (χ0) is 10.4. The first-order valence-electron chi connectivity index (χ1n) is 4.14. The van der Waals surface area contributed by atoms with Crippen molar-refractivity contribution in [3.63, 3.8) is 0 Å². The van der Waals surface area contributed by atoms with Gasteiger partial charge in [0, 0.05) is 5.69 Å². The Bertz CT molecular complexity index is 343. The van der Waals surface area contributed by atoms with Gasteiger partial charge in [-0.3, -0.25) is 5.32 Å². The van der Waals surface area contributed by atoms with Crippen LogP contribution in [-0.4, -0.2) is 12.2 Å². The Balaban J connectivity index is 2.47. The molecule has 4 heteroatoms. The molecule has 0 fully saturated rings. The summed E-state index contributed by atoms with van der Waals surface area (Å²) < 4.78 is 4.69. The summed E-state index contributed by atoms with van der Waals surface area (Å²) in [7, 11) is 0. The highest BCUT2D eigenvalue weighted by Gasteiger charge is 2.07. The first-order chi connectivity index (χ1) is 6.72. The van der Waals surface area contributed by atoms with Crippen molar-refractivity contribution in [2.45, 2.75) is 13.0 Å². The minimum Gasteiger partial charge on any atom is -0.431 e. The van der Waals surface area contributed by atoms with Gasteiger partial charge in [-0.15, -0.1) is 0 Å². The van der Waals surface area contributed by atoms with Crippen LogP contribution in [0.15, 0.2) is 30.3 Å². The lowest BCUT2D eigenvalue weighted by molar-refractivity contribution is 0.144. The predicted molar refractivity (Wildman–Crippen MR) is 51.6 cm³/mol. The summed E-state index contributed by atoms with van der Waals surface area (Å²) in [6, 6.07) is 10.7. The predicted octanol–water partition coefficient (Wildman–Crippen LogP) is 2.15. The smallest absolute Gasteiger partial charge is 0.412 e. The van der Waals surface area contributed by atoms with Gasteiger partial charge >= 0.3 is 6.09 Å². The molecule has 0 aromatic heterocycles. The van der Waals surface area contributed by atoms with Crippen molar-refractivity contribution in [3.8, 4) is 6.07 Å². The van der Waals surface area contributed by atoms with E-state index in [9.17, 15) is 4.79 Å². The van der Waals surface area contributed by atoms with Crippen molar-refractivity contribution in [1.29, 1.82) is 5.26 Å². The molecule has 0 spiro atoms. The van der Waals surface area contributed by atoms with E-state index < -0.39 is 12.2 Å². The second-order valence-electron chi connectivity index (χ2n) is 2.67. The van der Waals surface area contributed by atoms with E-state index in [4.69, 9.17) is 10.00 Å². The Morgan fingerprint density at radius 2 is 2.14 bits per heavy atom. The number of amides is 1. The Morgan fingerprint density at radius 1 is 1.50 bits per heavy atom. The molecule has 1 aromatic carbocycles. The van der Waals surface area contributed by atoms with E-state index in [0.29, 0.717) is 5.69 Å². The van der Waals surface area contributed by atoms with Gasteiger partial charge < -0.3 is 4.74 Å². The topological polar surface area (TPSA) is 62.1 Å². The van der Waals surface area contributed by atoms with Crippen LogP contribution >= 0.6 is 0 Å². The monoisotopic (exact) mass is 190 g/mol. The lowest BCUT2D eigenvalue weighted by Gasteiger charge is -2.07. The third-order valence-electron chi connectivity index (χ3n) is 1.49. The van der Waals surface area contributed by atoms with Gasteiger partial charge in [0.05, 0.1) is 0 Å². The van der Waals surface area contributed by atoms with Crippen LogP contribution in [0.2, 0.25) is 0 Å². The maximum atomic E-state index is 11.1. The maximum absolute atomic E-state index is 11.1. The fraction of sp³-hybridized carbons (Fsp3) is 0.200. The van der Waals surface area contributed by atoms with Crippen molar-refractivity contribution in [2.24, 2.45) is 0 Å². The van der Waals surface area contributed by atoms with E-state index >= 15 is 0 Å². The van der Waals surface area contributed by atoms with Crippen molar-refractivity contribution >= 4 is 11.8 Å². The quantitative estimate of drug-likeness (QED) is 0.777. The molecule has 0 saturated carbocycles. The molecule has 0 saturated heterocycles. The molecule has 1 unspecified atom stereocenters. The average Bonchev–Trinajstić information content (AvgIpc) is 2.19. The molecule has 72 valence electrons. The highest BCUT2D eigenvalue weighted by molar-refractivity contribution is 5.84. The van der Waals surface area contributed by atoms with Crippen LogP contribution in [0, 0.1) is 11.3 Å². The summed E-state index contributed by atoms with van der Waals surface area (Å²) >= 11 is 0. The number of ether oxygens (including phenoxy) is 1. The molecule has 4 nitrogen and oxygen atoms in total. The van der Waals surface area contributed by atoms with Crippen LogP contribution in [0.3, 0.4) is 0 Å². The first-order valence-corrected chi connectivity index (χ1v) is 4.14. The summed E-state index contributed by atoms with van der Waals surface area (Å²) in [4.78, 5) is 11.1. The second-order valence-corrected chi connectivity index (χ2v) is 2.67. The first kappa shape index (κ1) is 10.1. The van der Waals surface area contributed by atoms with E-state index in [0.717, 1.165) is 0 Å². The van der Waals surface area contributed by atoms with E-state index in [1.54, 1.807) is 30.3 Å². The zero-order valence-electron chi connectivity index (χ0n) is 7.73. The number of carbonyl (C=O) groups excluding carboxylic acids is 1. The Morgan fingerprint density at radius 3 is 2.71 bits per heavy atom. The van der Waals surface area contributed by atoms with Crippen LogP contribution < -0.4 is 5.32 Å². The summed E-state index contributed by atoms with van der Waals surface area (Å²) in [5, 5.41) is 10.9. The Kier molecular flexibility index (Phi) is 3.50. The van der Waals surface area contributed by atoms with Gasteiger partial charge in [0.1, 0.15) is 6.07 Å². The van der Waals surface area contributed by atoms with E-state index in [2.05, 4.69) is 5.32 Å². The minimum atomic E-state index is -0.737. The highest BCUT2D eigenvalue weighted by Crippen LogP contribution is 2.05. The number of nitriles is 1. The number of nitrogens with zero attached hydrogens (tertiary/aromatic N) is 1. The second kappa shape index (κ2) is 4.87. The SMILES string of the molecule is CC(C#N)OC(=O)Nc1ccccc1. The summed E-state index contributed by atoms with van der Waals surface area (Å²) in [5.41, 5.74) is 0.641. The number of benzene rings is 1. The van der Waals surface area contributed by atoms with Crippen LogP contribution in [0.25, 0.3) is 0 Å². The van der Waals surface area contributed by atoms with Crippen molar-refractivity contribution in [1.82, 2.24) is 0 Å². The third-order valence-corrected chi connectivity index (χ3v) is 1.49. The minimum absolute atomic E-state index is 0.620. The number of para-hydroxylation sites is 1. The van der Waals surface area contributed by atoms with Gasteiger partial charge in [0.25, 0.3) is 0 Å². The van der Waals surface area contributed by atoms with E-state index in [-0.39, 0.29) is 0 Å². The summed E-state index contributed by atoms with van der Waals surface area (Å²) in [6.45, 7) is 1.50. The number of rotatable bonds is 2. The molecule has 0 bridgehead atoms. The molecule has 0 radical (unpaired) electrons. The zero-order valence-corrected chi connectivity index (χ0v) is 7.73. The van der Waals surface area contributed by atoms with Gasteiger partial charge in [-0.1, -0.05) is 18.2 Å². The molecule has 1 N–H and O–H groups in total. The summed E-state index contributed by atoms with van der Waals surface area (Å²) in [6.07, 6.45) is -1.36. The molecule has 1 rings (SSSR count). The van der Waals surface area contributed by atoms with Crippen LogP contribution in [-0.2, 0) is 4.74 Å². The van der Waals surface area contributed by atoms with Crippen molar-refractivity contribution < 1.29 is 9.53 Å². The molecular formula is C10H10N2O2. The molecule has 1 atom stereocenters. The van der Waals surface area contributed by atoms with Crippen molar-refractivity contribution in [3.05, 3.63) is 30.3 Å². The number of hydrogen-bond acceptors (Lipinski definition) is 3. The third kappa shape index (κ3) is 3.15. The van der Waals surface area contributed by atoms with Gasteiger partial charge in [-0.2, -0.15) is 5.26 Å². The number of hydrogen-bond donors (Lipinski definition) is 1. The number of nitrogens with one attached hydrogen (secondary N) is 1. The average molecular weight is 190 g/mol. The summed E-state index contributed by atoms with van der Waals surface area (Å²) in [5.74, 6) is 0. The van der Waals surface area contributed by atoms with Crippen LogP contribution in [0.4, 0.5) is 10.5 Å². The Labute approximate surface area is 82.1 Å². The van der Waals surface area contributed by atoms with Gasteiger partial charge in [0.15, 0.2) is 6.10 Å². The van der Waals surface area contributed by atoms with Gasteiger partial charge in [-0.05, 0) is 19.1 Å². The highest BCUT2D eigenvalue weighted by atomic mass is 16.6. The van der Waals surface area contributed by atoms with Crippen LogP contribution in [0.1, 0.15) is 6.92 Å². The Hall–Kier alpha value is -2.02. The van der Waals surface area contributed by atoms with Gasteiger partial charge in [-0.25, -0.2) is 4.79 Å². The van der Waals surface area contributed by atoms with Crippen LogP contribution in [0.5, 0.6) is 0 Å². The molecular weight excluding hydrogens is 180 g/mol. The van der Waals surface area contributed by atoms with E-state index in [1.165, 1.54) is 6.92 Å². The number of carbonyl (C=O) groups is 1. The fourth-order valence-corrected chi connectivity index (χ4v) is 0.856. The van der Waals surface area contributed by atoms with E-state index in [1.807, 2.05) is 6.07 Å². The molecule has 14 heavy (non-hydrogen) atoms. The molecule has 0 heterocycles. The fourth-order valence-electron chi connectivity index (χ4n) is 0.856. The number of anilines is 1. The molecule has 0 aliphatic carbocycles. The standard InChI is InChI=1S/C10H10N2O2/c1-8(7-11)14-10(13)12-9-5-3-2-4-6-9/h2-6,8H,1H3,(H,12,13). The van der Waals surface area contributed by atoms with Crippen molar-refractivity contribution in [2.75, 3.05) is 5.32 Å².